The number of nitrogens with one attached hydrogen (secondary N) is 2. The van der Waals surface area contributed by atoms with E-state index < -0.39 is 5.91 Å². The normalized spacial score (nSPS) is 8.10. The van der Waals surface area contributed by atoms with Crippen LogP contribution in [0.15, 0.2) is 42.5 Å². The summed E-state index contributed by atoms with van der Waals surface area (Å²) in [6, 6.07) is 11.1. The first-order chi connectivity index (χ1) is 12.2. The number of anilines is 2. The molecule has 0 heterocycles. The summed E-state index contributed by atoms with van der Waals surface area (Å²) in [5, 5.41) is 5.41. The predicted molar refractivity (Wildman–Crippen MR) is 104 cm³/mol. The van der Waals surface area contributed by atoms with Crippen molar-refractivity contribution in [2.24, 2.45) is 5.73 Å². The first-order valence-electron chi connectivity index (χ1n) is 7.42. The van der Waals surface area contributed by atoms with Crippen LogP contribution in [-0.2, 0) is 9.59 Å². The van der Waals surface area contributed by atoms with Gasteiger partial charge in [0.2, 0.25) is 17.7 Å². The number of carbonyl (C=O) groups is 4. The van der Waals surface area contributed by atoms with E-state index in [-0.39, 0.29) is 108 Å². The van der Waals surface area contributed by atoms with Crippen molar-refractivity contribution in [1.82, 2.24) is 0 Å². The van der Waals surface area contributed by atoms with Gasteiger partial charge in [-0.25, -0.2) is 0 Å². The smallest absolute Gasteiger partial charge is 1.00 e. The van der Waals surface area contributed by atoms with Crippen LogP contribution in [0.2, 0.25) is 5.02 Å². The average Bonchev–Trinajstić information content (AvgIpc) is 2.57. The predicted octanol–water partition coefficient (Wildman–Crippen LogP) is -3.96. The van der Waals surface area contributed by atoms with E-state index in [9.17, 15) is 19.2 Å². The summed E-state index contributed by atoms with van der Waals surface area (Å²) in [7, 11) is 0. The largest absolute Gasteiger partial charge is 1.00 e. The Labute approximate surface area is 243 Å². The van der Waals surface area contributed by atoms with Gasteiger partial charge in [0.05, 0.1) is 10.7 Å². The fourth-order valence-corrected chi connectivity index (χ4v) is 2.04. The van der Waals surface area contributed by atoms with E-state index in [1.54, 1.807) is 24.3 Å². The van der Waals surface area contributed by atoms with Gasteiger partial charge in [-0.15, -0.1) is 0 Å². The van der Waals surface area contributed by atoms with Crippen LogP contribution in [0.3, 0.4) is 0 Å². The second-order valence-corrected chi connectivity index (χ2v) is 5.57. The van der Waals surface area contributed by atoms with Crippen molar-refractivity contribution in [3.63, 3.8) is 0 Å². The van der Waals surface area contributed by atoms with Gasteiger partial charge in [0.15, 0.2) is 0 Å². The minimum absolute atomic E-state index is 0. The molecule has 1 radical (unpaired) electrons. The molecule has 0 saturated carbocycles. The maximum atomic E-state index is 10.8. The molecular weight excluding hydrogens is 659 g/mol. The fraction of sp³-hybridized carbons (Fsp3) is 0.111. The summed E-state index contributed by atoms with van der Waals surface area (Å²) < 4.78 is 0. The van der Waals surface area contributed by atoms with E-state index >= 15 is 0 Å². The van der Waals surface area contributed by atoms with E-state index in [0.717, 1.165) is 6.29 Å². The third-order valence-electron chi connectivity index (χ3n) is 2.93. The SMILES string of the molecule is CC(=O)Nc1ccc(C(N)=O)cc1Cl.CC(=O)Nc1ccc(C=O)cc1.O.[Ac].[Cl-].[Na+]. The third-order valence-corrected chi connectivity index (χ3v) is 3.24. The van der Waals surface area contributed by atoms with Gasteiger partial charge in [-0.3, -0.25) is 19.2 Å². The van der Waals surface area contributed by atoms with Crippen molar-refractivity contribution in [3.05, 3.63) is 58.6 Å². The zero-order valence-corrected chi connectivity index (χ0v) is 24.9. The van der Waals surface area contributed by atoms with Crippen molar-refractivity contribution in [2.45, 2.75) is 13.8 Å². The van der Waals surface area contributed by atoms with E-state index in [2.05, 4.69) is 10.6 Å². The summed E-state index contributed by atoms with van der Waals surface area (Å²) in [6.07, 6.45) is 0.761. The molecule has 0 fully saturated rings. The molecule has 0 aromatic heterocycles. The Morgan fingerprint density at radius 1 is 0.967 bits per heavy atom. The van der Waals surface area contributed by atoms with E-state index in [1.807, 2.05) is 0 Å². The molecule has 0 aliphatic heterocycles. The van der Waals surface area contributed by atoms with Gasteiger partial charge >= 0.3 is 29.6 Å². The average molecular weight is 679 g/mol. The van der Waals surface area contributed by atoms with Gasteiger partial charge in [0.1, 0.15) is 6.29 Å². The number of nitrogens with two attached hydrogens (primary N) is 1. The first-order valence-corrected chi connectivity index (χ1v) is 7.80. The number of hydrogen-bond donors (Lipinski definition) is 3. The van der Waals surface area contributed by atoms with Crippen LogP contribution >= 0.6 is 11.6 Å². The van der Waals surface area contributed by atoms with Gasteiger partial charge in [-0.2, -0.15) is 0 Å². The van der Waals surface area contributed by atoms with Crippen LogP contribution in [0.25, 0.3) is 0 Å². The second-order valence-electron chi connectivity index (χ2n) is 5.16. The molecule has 8 nitrogen and oxygen atoms in total. The van der Waals surface area contributed by atoms with Gasteiger partial charge in [0.25, 0.3) is 0 Å². The standard InChI is InChI=1S/C9H9ClN2O2.C9H9NO2.Ac.ClH.Na.H2O/c1-5(13)12-8-3-2-6(9(11)14)4-7(8)10;1-7(12)10-9-4-2-8(6-11)3-5-9;;;;/h2-4H,1H3,(H2,11,14)(H,12,13);2-6H,1H3,(H,10,12);;1H;;1H2/q;;;;+1;/p-1. The van der Waals surface area contributed by atoms with Crippen molar-refractivity contribution < 1.29 is 111 Å². The van der Waals surface area contributed by atoms with Crippen LogP contribution in [0.4, 0.5) is 11.4 Å². The van der Waals surface area contributed by atoms with E-state index in [1.165, 1.54) is 32.0 Å². The van der Waals surface area contributed by atoms with E-state index in [0.29, 0.717) is 22.5 Å². The molecule has 155 valence electrons. The Morgan fingerprint density at radius 2 is 1.47 bits per heavy atom. The molecule has 2 aromatic rings. The molecule has 12 heteroatoms. The Balaban J connectivity index is -0.000000200. The van der Waals surface area contributed by atoms with Crippen molar-refractivity contribution in [2.75, 3.05) is 10.6 Å². The quantitative estimate of drug-likeness (QED) is 0.224. The third kappa shape index (κ3) is 14.5. The van der Waals surface area contributed by atoms with Crippen molar-refractivity contribution in [3.8, 4) is 0 Å². The fourth-order valence-electron chi connectivity index (χ4n) is 1.81. The summed E-state index contributed by atoms with van der Waals surface area (Å²) in [6.45, 7) is 2.81. The first kappa shape index (κ1) is 36.9. The number of primary amides is 1. The molecule has 2 rings (SSSR count). The van der Waals surface area contributed by atoms with Crippen LogP contribution in [0, 0.1) is 44.1 Å². The molecule has 30 heavy (non-hydrogen) atoms. The Kier molecular flexibility index (Phi) is 23.6. The number of hydrogen-bond acceptors (Lipinski definition) is 4. The Morgan fingerprint density at radius 3 is 1.83 bits per heavy atom. The number of halogens is 2. The molecule has 0 unspecified atom stereocenters. The Bertz CT molecular complexity index is 839. The van der Waals surface area contributed by atoms with Crippen LogP contribution in [-0.4, -0.2) is 29.5 Å². The molecular formula is C18H20AcCl2N3NaO5. The van der Waals surface area contributed by atoms with Gasteiger partial charge in [-0.1, -0.05) is 11.6 Å². The van der Waals surface area contributed by atoms with Gasteiger partial charge in [0, 0.05) is 74.7 Å². The van der Waals surface area contributed by atoms with Crippen molar-refractivity contribution >= 4 is 47.0 Å². The molecule has 0 saturated heterocycles. The topological polar surface area (TPSA) is 150 Å². The van der Waals surface area contributed by atoms with E-state index in [4.69, 9.17) is 17.3 Å². The van der Waals surface area contributed by atoms with Gasteiger partial charge < -0.3 is 34.3 Å². The van der Waals surface area contributed by atoms with Crippen LogP contribution in [0.1, 0.15) is 34.6 Å². The minimum atomic E-state index is -0.554. The number of rotatable bonds is 4. The van der Waals surface area contributed by atoms with Crippen LogP contribution < -0.4 is 58.3 Å². The second kappa shape index (κ2) is 19.2. The van der Waals surface area contributed by atoms with Gasteiger partial charge in [-0.05, 0) is 42.5 Å². The molecule has 0 aliphatic carbocycles. The molecule has 0 aliphatic rings. The molecule has 0 bridgehead atoms. The zero-order valence-electron chi connectivity index (χ0n) is 16.7. The maximum Gasteiger partial charge on any atom is 1.00 e. The summed E-state index contributed by atoms with van der Waals surface area (Å²) in [4.78, 5) is 42.3. The molecule has 0 atom stereocenters. The summed E-state index contributed by atoms with van der Waals surface area (Å²) in [5.41, 5.74) is 7.12. The summed E-state index contributed by atoms with van der Waals surface area (Å²) >= 11 is 5.80. The number of benzene rings is 2. The number of amides is 3. The van der Waals surface area contributed by atoms with Crippen LogP contribution in [0.5, 0.6) is 0 Å². The molecule has 6 N–H and O–H groups in total. The molecule has 3 amide bonds. The summed E-state index contributed by atoms with van der Waals surface area (Å²) in [5.74, 6) is -0.895. The monoisotopic (exact) mass is 678 g/mol. The number of aldehydes is 1. The zero-order chi connectivity index (χ0) is 19.7. The Hall–Kier alpha value is -0.498. The molecule has 0 spiro atoms. The molecule has 2 aromatic carbocycles. The van der Waals surface area contributed by atoms with Crippen molar-refractivity contribution in [1.29, 1.82) is 0 Å². The number of carbonyl (C=O) groups excluding carboxylic acids is 4. The minimum Gasteiger partial charge on any atom is -1.00 e. The maximum absolute atomic E-state index is 10.8.